The summed E-state index contributed by atoms with van der Waals surface area (Å²) < 4.78 is 0. The Bertz CT molecular complexity index is 137. The monoisotopic (exact) mass is 184 g/mol. The van der Waals surface area contributed by atoms with E-state index in [2.05, 4.69) is 25.8 Å². The number of hydrogen-bond acceptors (Lipinski definition) is 2. The third-order valence-corrected chi connectivity index (χ3v) is 3.18. The molecule has 0 aliphatic heterocycles. The van der Waals surface area contributed by atoms with Crippen LogP contribution in [0.5, 0.6) is 0 Å². The van der Waals surface area contributed by atoms with E-state index in [4.69, 9.17) is 5.73 Å². The Balaban J connectivity index is 2.27. The van der Waals surface area contributed by atoms with E-state index in [-0.39, 0.29) is 0 Å². The predicted octanol–water partition coefficient (Wildman–Crippen LogP) is 1.84. The van der Waals surface area contributed by atoms with Gasteiger partial charge in [-0.05, 0) is 45.6 Å². The fourth-order valence-electron chi connectivity index (χ4n) is 2.29. The lowest BCUT2D eigenvalue weighted by molar-refractivity contribution is 0.164. The Kier molecular flexibility index (Phi) is 4.20. The van der Waals surface area contributed by atoms with Crippen LogP contribution in [0.3, 0.4) is 0 Å². The lowest BCUT2D eigenvalue weighted by Gasteiger charge is -2.34. The molecule has 78 valence electrons. The number of hydrogen-bond donors (Lipinski definition) is 1. The van der Waals surface area contributed by atoms with Crippen LogP contribution in [0.25, 0.3) is 0 Å². The van der Waals surface area contributed by atoms with Gasteiger partial charge in [-0.3, -0.25) is 0 Å². The summed E-state index contributed by atoms with van der Waals surface area (Å²) in [6.45, 7) is 5.49. The van der Waals surface area contributed by atoms with Gasteiger partial charge in [0.15, 0.2) is 0 Å². The van der Waals surface area contributed by atoms with E-state index in [9.17, 15) is 0 Å². The molecule has 2 N–H and O–H groups in total. The molecule has 0 radical (unpaired) electrons. The summed E-state index contributed by atoms with van der Waals surface area (Å²) in [5.74, 6) is 0.944. The Hall–Kier alpha value is -0.0800. The minimum atomic E-state index is 0.310. The molecule has 0 heterocycles. The van der Waals surface area contributed by atoms with Crippen molar-refractivity contribution in [3.63, 3.8) is 0 Å². The molecule has 0 saturated heterocycles. The van der Waals surface area contributed by atoms with Crippen LogP contribution in [0, 0.1) is 5.92 Å². The van der Waals surface area contributed by atoms with Crippen molar-refractivity contribution in [3.8, 4) is 0 Å². The first-order valence-electron chi connectivity index (χ1n) is 5.55. The molecule has 2 nitrogen and oxygen atoms in total. The van der Waals surface area contributed by atoms with Crippen molar-refractivity contribution >= 4 is 0 Å². The number of nitrogens with zero attached hydrogens (tertiary/aromatic N) is 1. The third kappa shape index (κ3) is 3.65. The average molecular weight is 184 g/mol. The Labute approximate surface area is 82.5 Å². The Morgan fingerprint density at radius 2 is 1.85 bits per heavy atom. The van der Waals surface area contributed by atoms with Gasteiger partial charge in [0.25, 0.3) is 0 Å². The highest BCUT2D eigenvalue weighted by molar-refractivity contribution is 4.77. The number of likely N-dealkylation sites (N-methyl/N-ethyl adjacent to an activating group) is 1. The van der Waals surface area contributed by atoms with E-state index in [1.165, 1.54) is 25.7 Å². The molecule has 0 aromatic carbocycles. The normalized spacial score (nSPS) is 32.1. The van der Waals surface area contributed by atoms with E-state index in [0.717, 1.165) is 18.5 Å². The highest BCUT2D eigenvalue weighted by Crippen LogP contribution is 2.26. The van der Waals surface area contributed by atoms with Crippen molar-refractivity contribution in [3.05, 3.63) is 0 Å². The van der Waals surface area contributed by atoms with Crippen LogP contribution in [0.2, 0.25) is 0 Å². The molecule has 0 aromatic heterocycles. The quantitative estimate of drug-likeness (QED) is 0.725. The number of nitrogens with two attached hydrogens (primary N) is 1. The maximum absolute atomic E-state index is 5.79. The topological polar surface area (TPSA) is 29.3 Å². The second-order valence-corrected chi connectivity index (χ2v) is 4.83. The van der Waals surface area contributed by atoms with Gasteiger partial charge >= 0.3 is 0 Å². The van der Waals surface area contributed by atoms with Crippen molar-refractivity contribution in [2.45, 2.75) is 51.6 Å². The zero-order valence-corrected chi connectivity index (χ0v) is 9.29. The smallest absolute Gasteiger partial charge is 0.0139 e. The summed E-state index contributed by atoms with van der Waals surface area (Å²) in [5.41, 5.74) is 5.79. The fraction of sp³-hybridized carbons (Fsp3) is 1.00. The van der Waals surface area contributed by atoms with Crippen LogP contribution in [0.1, 0.15) is 39.5 Å². The van der Waals surface area contributed by atoms with Gasteiger partial charge in [0.05, 0.1) is 0 Å². The van der Waals surface area contributed by atoms with Gasteiger partial charge in [-0.1, -0.05) is 6.92 Å². The van der Waals surface area contributed by atoms with Gasteiger partial charge in [-0.2, -0.15) is 0 Å². The van der Waals surface area contributed by atoms with Crippen LogP contribution >= 0.6 is 0 Å². The van der Waals surface area contributed by atoms with E-state index in [1.807, 2.05) is 0 Å². The van der Waals surface area contributed by atoms with Crippen LogP contribution in [0.4, 0.5) is 0 Å². The molecule has 0 bridgehead atoms. The average Bonchev–Trinajstić information content (AvgIpc) is 2.04. The first-order valence-corrected chi connectivity index (χ1v) is 5.55. The second-order valence-electron chi connectivity index (χ2n) is 4.83. The highest BCUT2D eigenvalue weighted by atomic mass is 15.1. The van der Waals surface area contributed by atoms with Gasteiger partial charge in [0, 0.05) is 18.6 Å². The van der Waals surface area contributed by atoms with Gasteiger partial charge in [-0.15, -0.1) is 0 Å². The molecule has 0 amide bonds. The van der Waals surface area contributed by atoms with Crippen molar-refractivity contribution in [1.82, 2.24) is 4.90 Å². The predicted molar refractivity (Wildman–Crippen MR) is 57.7 cm³/mol. The molecule has 1 saturated carbocycles. The summed E-state index contributed by atoms with van der Waals surface area (Å²) in [6.07, 6.45) is 5.52. The molecular weight excluding hydrogens is 160 g/mol. The van der Waals surface area contributed by atoms with E-state index >= 15 is 0 Å². The molecule has 0 aromatic rings. The van der Waals surface area contributed by atoms with Crippen molar-refractivity contribution in [2.24, 2.45) is 11.7 Å². The van der Waals surface area contributed by atoms with Crippen molar-refractivity contribution in [1.29, 1.82) is 0 Å². The summed E-state index contributed by atoms with van der Waals surface area (Å²) >= 11 is 0. The van der Waals surface area contributed by atoms with Crippen molar-refractivity contribution < 1.29 is 0 Å². The van der Waals surface area contributed by atoms with Gasteiger partial charge < -0.3 is 10.6 Å². The molecule has 2 heteroatoms. The highest BCUT2D eigenvalue weighted by Gasteiger charge is 2.21. The summed E-state index contributed by atoms with van der Waals surface area (Å²) in [5, 5.41) is 0. The maximum Gasteiger partial charge on any atom is 0.0139 e. The summed E-state index contributed by atoms with van der Waals surface area (Å²) in [6, 6.07) is 1.10. The largest absolute Gasteiger partial charge is 0.327 e. The van der Waals surface area contributed by atoms with Crippen LogP contribution in [0.15, 0.2) is 0 Å². The fourth-order valence-corrected chi connectivity index (χ4v) is 2.29. The lowest BCUT2D eigenvalue weighted by Crippen LogP contribution is -2.41. The molecule has 1 fully saturated rings. The van der Waals surface area contributed by atoms with Crippen molar-refractivity contribution in [2.75, 3.05) is 13.6 Å². The zero-order chi connectivity index (χ0) is 9.84. The SMILES string of the molecule is CC1CCC(N(C)C[C@H](C)N)CC1. The van der Waals surface area contributed by atoms with Crippen LogP contribution in [-0.4, -0.2) is 30.6 Å². The van der Waals surface area contributed by atoms with Gasteiger partial charge in [-0.25, -0.2) is 0 Å². The third-order valence-electron chi connectivity index (χ3n) is 3.18. The number of rotatable bonds is 3. The van der Waals surface area contributed by atoms with Gasteiger partial charge in [0.1, 0.15) is 0 Å². The molecule has 1 atom stereocenters. The first-order chi connectivity index (χ1) is 6.09. The second kappa shape index (κ2) is 4.97. The Morgan fingerprint density at radius 1 is 1.31 bits per heavy atom. The van der Waals surface area contributed by atoms with E-state index in [1.54, 1.807) is 0 Å². The lowest BCUT2D eigenvalue weighted by atomic mass is 9.86. The maximum atomic E-state index is 5.79. The summed E-state index contributed by atoms with van der Waals surface area (Å²) in [7, 11) is 2.21. The molecule has 1 aliphatic rings. The molecule has 1 rings (SSSR count). The summed E-state index contributed by atoms with van der Waals surface area (Å²) in [4.78, 5) is 2.44. The van der Waals surface area contributed by atoms with E-state index < -0.39 is 0 Å². The van der Waals surface area contributed by atoms with Crippen LogP contribution in [-0.2, 0) is 0 Å². The molecule has 0 unspecified atom stereocenters. The zero-order valence-electron chi connectivity index (χ0n) is 9.29. The first kappa shape index (κ1) is 11.0. The Morgan fingerprint density at radius 3 is 2.31 bits per heavy atom. The standard InChI is InChI=1S/C11H24N2/c1-9-4-6-11(7-5-9)13(3)8-10(2)12/h9-11H,4-8,12H2,1-3H3/t9?,10-,11?/m0/s1. The minimum Gasteiger partial charge on any atom is -0.327 e. The van der Waals surface area contributed by atoms with Gasteiger partial charge in [0.2, 0.25) is 0 Å². The minimum absolute atomic E-state index is 0.310. The molecule has 1 aliphatic carbocycles. The molecular formula is C11H24N2. The molecule has 0 spiro atoms. The molecule has 13 heavy (non-hydrogen) atoms. The van der Waals surface area contributed by atoms with E-state index in [0.29, 0.717) is 6.04 Å². The van der Waals surface area contributed by atoms with Crippen LogP contribution < -0.4 is 5.73 Å².